The molecule has 2 aromatic heterocycles. The van der Waals surface area contributed by atoms with Gasteiger partial charge in [-0.05, 0) is 30.3 Å². The number of nitrogens with zero attached hydrogens (tertiary/aromatic N) is 5. The second-order valence-corrected chi connectivity index (χ2v) is 8.25. The van der Waals surface area contributed by atoms with Gasteiger partial charge in [0.05, 0.1) is 23.6 Å². The maximum Gasteiger partial charge on any atom is 0.416 e. The molecule has 0 aliphatic carbocycles. The third-order valence-electron chi connectivity index (χ3n) is 5.48. The first-order valence-electron chi connectivity index (χ1n) is 11.0. The predicted octanol–water partition coefficient (Wildman–Crippen LogP) is 5.09. The van der Waals surface area contributed by atoms with Crippen LogP contribution in [-0.4, -0.2) is 51.9 Å². The predicted molar refractivity (Wildman–Crippen MR) is 128 cm³/mol. The molecule has 2 N–H and O–H groups in total. The van der Waals surface area contributed by atoms with Crippen LogP contribution < -0.4 is 15.5 Å². The van der Waals surface area contributed by atoms with Crippen molar-refractivity contribution in [2.24, 2.45) is 0 Å². The lowest BCUT2D eigenvalue weighted by molar-refractivity contribution is -0.137. The Morgan fingerprint density at radius 3 is 2.49 bits per heavy atom. The van der Waals surface area contributed by atoms with E-state index >= 15 is 0 Å². The van der Waals surface area contributed by atoms with E-state index < -0.39 is 11.7 Å². The van der Waals surface area contributed by atoms with Gasteiger partial charge in [-0.2, -0.15) is 18.2 Å². The van der Waals surface area contributed by atoms with E-state index in [1.165, 1.54) is 18.3 Å². The van der Waals surface area contributed by atoms with Gasteiger partial charge in [0, 0.05) is 38.3 Å². The van der Waals surface area contributed by atoms with Crippen molar-refractivity contribution < 1.29 is 18.0 Å². The SMILES string of the molecule is CCC(=O)N1CCN(c2ccc(Nc3ncc(Cl)c(Nc4cccc(C(F)(F)F)c4)n3)nc2)CC1. The van der Waals surface area contributed by atoms with Gasteiger partial charge in [-0.15, -0.1) is 0 Å². The largest absolute Gasteiger partial charge is 0.416 e. The number of nitrogens with one attached hydrogen (secondary N) is 2. The molecule has 0 atom stereocenters. The van der Waals surface area contributed by atoms with E-state index in [1.807, 2.05) is 17.9 Å². The van der Waals surface area contributed by atoms with E-state index in [0.717, 1.165) is 30.9 Å². The number of amides is 1. The van der Waals surface area contributed by atoms with Crippen LogP contribution >= 0.6 is 11.6 Å². The van der Waals surface area contributed by atoms with Crippen molar-refractivity contribution in [3.05, 3.63) is 59.4 Å². The second-order valence-electron chi connectivity index (χ2n) is 7.84. The molecule has 0 radical (unpaired) electrons. The number of alkyl halides is 3. The summed E-state index contributed by atoms with van der Waals surface area (Å²) in [6, 6.07) is 8.43. The summed E-state index contributed by atoms with van der Waals surface area (Å²) in [6.45, 7) is 4.66. The zero-order valence-electron chi connectivity index (χ0n) is 18.8. The minimum atomic E-state index is -4.46. The van der Waals surface area contributed by atoms with Gasteiger partial charge in [0.15, 0.2) is 5.82 Å². The summed E-state index contributed by atoms with van der Waals surface area (Å²) in [5.41, 5.74) is 0.339. The highest BCUT2D eigenvalue weighted by Gasteiger charge is 2.30. The van der Waals surface area contributed by atoms with Crippen molar-refractivity contribution in [3.63, 3.8) is 0 Å². The minimum Gasteiger partial charge on any atom is -0.367 e. The topological polar surface area (TPSA) is 86.3 Å². The molecule has 0 saturated carbocycles. The van der Waals surface area contributed by atoms with Crippen LogP contribution in [0.3, 0.4) is 0 Å². The summed E-state index contributed by atoms with van der Waals surface area (Å²) in [5, 5.41) is 5.92. The highest BCUT2D eigenvalue weighted by Crippen LogP contribution is 2.32. The summed E-state index contributed by atoms with van der Waals surface area (Å²) < 4.78 is 39.0. The van der Waals surface area contributed by atoms with Crippen LogP contribution in [0.1, 0.15) is 18.9 Å². The van der Waals surface area contributed by atoms with E-state index in [-0.39, 0.29) is 28.4 Å². The molecule has 0 spiro atoms. The van der Waals surface area contributed by atoms with Crippen LogP contribution in [0.5, 0.6) is 0 Å². The maximum atomic E-state index is 13.0. The summed E-state index contributed by atoms with van der Waals surface area (Å²) in [5.74, 6) is 0.975. The quantitative estimate of drug-likeness (QED) is 0.482. The monoisotopic (exact) mass is 505 g/mol. The van der Waals surface area contributed by atoms with Gasteiger partial charge < -0.3 is 20.4 Å². The lowest BCUT2D eigenvalue weighted by Crippen LogP contribution is -2.48. The van der Waals surface area contributed by atoms with Crippen LogP contribution in [0, 0.1) is 0 Å². The Morgan fingerprint density at radius 2 is 1.83 bits per heavy atom. The van der Waals surface area contributed by atoms with Crippen molar-refractivity contribution in [2.75, 3.05) is 41.7 Å². The maximum absolute atomic E-state index is 13.0. The van der Waals surface area contributed by atoms with Crippen LogP contribution in [0.2, 0.25) is 5.02 Å². The molecular formula is C23H23ClF3N7O. The number of benzene rings is 1. The first-order valence-corrected chi connectivity index (χ1v) is 11.3. The van der Waals surface area contributed by atoms with Crippen molar-refractivity contribution in [3.8, 4) is 0 Å². The first-order chi connectivity index (χ1) is 16.7. The molecule has 1 fully saturated rings. The van der Waals surface area contributed by atoms with Crippen molar-refractivity contribution in [2.45, 2.75) is 19.5 Å². The fraction of sp³-hybridized carbons (Fsp3) is 0.304. The summed E-state index contributed by atoms with van der Waals surface area (Å²) in [6.07, 6.45) is -0.889. The molecule has 184 valence electrons. The van der Waals surface area contributed by atoms with Gasteiger partial charge in [-0.3, -0.25) is 4.79 Å². The molecule has 1 aliphatic heterocycles. The molecule has 3 aromatic rings. The molecule has 3 heterocycles. The summed E-state index contributed by atoms with van der Waals surface area (Å²) in [4.78, 5) is 28.7. The molecular weight excluding hydrogens is 483 g/mol. The Labute approximate surface area is 205 Å². The molecule has 0 bridgehead atoms. The Morgan fingerprint density at radius 1 is 1.06 bits per heavy atom. The minimum absolute atomic E-state index is 0.150. The van der Waals surface area contributed by atoms with E-state index in [0.29, 0.717) is 25.3 Å². The number of halogens is 4. The molecule has 1 aromatic carbocycles. The molecule has 0 unspecified atom stereocenters. The Balaban J connectivity index is 1.41. The molecule has 1 aliphatic rings. The normalized spacial score (nSPS) is 14.1. The zero-order valence-corrected chi connectivity index (χ0v) is 19.6. The highest BCUT2D eigenvalue weighted by atomic mass is 35.5. The smallest absolute Gasteiger partial charge is 0.367 e. The van der Waals surface area contributed by atoms with Gasteiger partial charge in [-0.25, -0.2) is 9.97 Å². The van der Waals surface area contributed by atoms with E-state index in [9.17, 15) is 18.0 Å². The van der Waals surface area contributed by atoms with Crippen LogP contribution in [-0.2, 0) is 11.0 Å². The summed E-state index contributed by atoms with van der Waals surface area (Å²) in [7, 11) is 0. The van der Waals surface area contributed by atoms with Crippen LogP contribution in [0.25, 0.3) is 0 Å². The molecule has 1 saturated heterocycles. The average Bonchev–Trinajstić information content (AvgIpc) is 2.86. The number of pyridine rings is 1. The lowest BCUT2D eigenvalue weighted by atomic mass is 10.2. The number of hydrogen-bond donors (Lipinski definition) is 2. The number of anilines is 5. The number of rotatable bonds is 6. The van der Waals surface area contributed by atoms with Crippen molar-refractivity contribution in [1.29, 1.82) is 0 Å². The van der Waals surface area contributed by atoms with Gasteiger partial charge in [-0.1, -0.05) is 24.6 Å². The molecule has 8 nitrogen and oxygen atoms in total. The Bertz CT molecular complexity index is 1180. The van der Waals surface area contributed by atoms with Gasteiger partial charge >= 0.3 is 6.18 Å². The van der Waals surface area contributed by atoms with Crippen LogP contribution in [0.15, 0.2) is 48.8 Å². The van der Waals surface area contributed by atoms with E-state index in [4.69, 9.17) is 11.6 Å². The fourth-order valence-electron chi connectivity index (χ4n) is 3.62. The third-order valence-corrected chi connectivity index (χ3v) is 5.76. The van der Waals surface area contributed by atoms with Gasteiger partial charge in [0.2, 0.25) is 11.9 Å². The molecule has 12 heteroatoms. The number of carbonyl (C=O) groups excluding carboxylic acids is 1. The van der Waals surface area contributed by atoms with Gasteiger partial charge in [0.25, 0.3) is 0 Å². The molecule has 1 amide bonds. The highest BCUT2D eigenvalue weighted by molar-refractivity contribution is 6.32. The second kappa shape index (κ2) is 10.3. The van der Waals surface area contributed by atoms with Gasteiger partial charge in [0.1, 0.15) is 10.8 Å². The number of piperazine rings is 1. The van der Waals surface area contributed by atoms with Crippen molar-refractivity contribution in [1.82, 2.24) is 19.9 Å². The van der Waals surface area contributed by atoms with Crippen LogP contribution in [0.4, 0.5) is 42.1 Å². The number of aromatic nitrogens is 3. The van der Waals surface area contributed by atoms with E-state index in [1.54, 1.807) is 12.3 Å². The summed E-state index contributed by atoms with van der Waals surface area (Å²) >= 11 is 6.14. The molecule has 35 heavy (non-hydrogen) atoms. The third kappa shape index (κ3) is 6.10. The standard InChI is InChI=1S/C23H23ClF3N7O/c1-2-20(35)34-10-8-33(9-11-34)17-6-7-19(28-13-17)31-22-29-14-18(24)21(32-22)30-16-5-3-4-15(12-16)23(25,26)27/h3-7,12-14H,2,8-11H2,1H3,(H2,28,29,30,31,32). The van der Waals surface area contributed by atoms with Crippen molar-refractivity contribution >= 4 is 46.5 Å². The lowest BCUT2D eigenvalue weighted by Gasteiger charge is -2.35. The number of hydrogen-bond acceptors (Lipinski definition) is 7. The average molecular weight is 506 g/mol. The first kappa shape index (κ1) is 24.5. The number of carbonyl (C=O) groups is 1. The Hall–Kier alpha value is -3.60. The Kier molecular flexibility index (Phi) is 7.25. The zero-order chi connectivity index (χ0) is 25.0. The molecule has 4 rings (SSSR count). The fourth-order valence-corrected chi connectivity index (χ4v) is 3.76. The van der Waals surface area contributed by atoms with E-state index in [2.05, 4.69) is 30.5 Å².